The molecule has 0 radical (unpaired) electrons. The number of halogens is 4. The first kappa shape index (κ1) is 19.3. The van der Waals surface area contributed by atoms with E-state index in [1.54, 1.807) is 13.1 Å². The number of aromatic nitrogens is 5. The molecule has 0 aromatic carbocycles. The van der Waals surface area contributed by atoms with Crippen LogP contribution in [0.2, 0.25) is 5.15 Å². The predicted octanol–water partition coefficient (Wildman–Crippen LogP) is 3.49. The molecule has 0 aliphatic heterocycles. The summed E-state index contributed by atoms with van der Waals surface area (Å²) in [6.45, 7) is 1.42. The Morgan fingerprint density at radius 1 is 1.38 bits per heavy atom. The molecular formula is C18H14ClF3N6O. The highest BCUT2D eigenvalue weighted by Crippen LogP contribution is 2.37. The van der Waals surface area contributed by atoms with Crippen molar-refractivity contribution < 1.29 is 18.0 Å². The minimum Gasteiger partial charge on any atom is -0.335 e. The van der Waals surface area contributed by atoms with Crippen LogP contribution < -0.4 is 0 Å². The molecule has 7 nitrogen and oxygen atoms in total. The Hall–Kier alpha value is -3.01. The van der Waals surface area contributed by atoms with Gasteiger partial charge in [0.1, 0.15) is 17.2 Å². The molecule has 3 aromatic rings. The average Bonchev–Trinajstić information content (AvgIpc) is 3.26. The molecule has 0 saturated heterocycles. The highest BCUT2D eigenvalue weighted by Gasteiger charge is 2.37. The van der Waals surface area contributed by atoms with E-state index < -0.39 is 23.8 Å². The maximum absolute atomic E-state index is 14.3. The summed E-state index contributed by atoms with van der Waals surface area (Å²) in [4.78, 5) is 25.5. The molecule has 3 heterocycles. The van der Waals surface area contributed by atoms with Gasteiger partial charge < -0.3 is 4.90 Å². The SMILES string of the molecule is Cc1nc(Cl)cc(C(=O)N(C)[C@H]2C/C2=C/c2cc(C(F)F)nc3ncnn23)c1F. The van der Waals surface area contributed by atoms with Gasteiger partial charge in [-0.2, -0.15) is 14.6 Å². The highest BCUT2D eigenvalue weighted by atomic mass is 35.5. The van der Waals surface area contributed by atoms with Crippen LogP contribution in [0, 0.1) is 12.7 Å². The maximum atomic E-state index is 14.3. The molecule has 0 unspecified atom stereocenters. The smallest absolute Gasteiger partial charge is 0.280 e. The van der Waals surface area contributed by atoms with Crippen LogP contribution in [0.4, 0.5) is 13.2 Å². The van der Waals surface area contributed by atoms with Crippen LogP contribution in [0.15, 0.2) is 24.0 Å². The van der Waals surface area contributed by atoms with E-state index in [0.717, 1.165) is 5.57 Å². The van der Waals surface area contributed by atoms with Gasteiger partial charge in [-0.15, -0.1) is 0 Å². The van der Waals surface area contributed by atoms with Gasteiger partial charge in [-0.05, 0) is 37.1 Å². The van der Waals surface area contributed by atoms with Gasteiger partial charge in [-0.25, -0.2) is 23.1 Å². The number of amides is 1. The van der Waals surface area contributed by atoms with E-state index >= 15 is 0 Å². The molecule has 29 heavy (non-hydrogen) atoms. The number of pyridine rings is 1. The zero-order valence-corrected chi connectivity index (χ0v) is 16.0. The second-order valence-corrected chi connectivity index (χ2v) is 7.01. The van der Waals surface area contributed by atoms with E-state index in [1.807, 2.05) is 0 Å². The summed E-state index contributed by atoms with van der Waals surface area (Å²) in [6, 6.07) is 2.11. The van der Waals surface area contributed by atoms with Gasteiger partial charge in [0.2, 0.25) is 0 Å². The number of rotatable bonds is 4. The zero-order valence-electron chi connectivity index (χ0n) is 15.3. The molecule has 1 fully saturated rings. The summed E-state index contributed by atoms with van der Waals surface area (Å²) in [6.07, 6.45) is 0.642. The third-order valence-corrected chi connectivity index (χ3v) is 4.86. The molecule has 0 spiro atoms. The molecule has 0 N–H and O–H groups in total. The molecule has 1 atom stereocenters. The molecule has 150 valence electrons. The van der Waals surface area contributed by atoms with E-state index in [0.29, 0.717) is 12.1 Å². The monoisotopic (exact) mass is 422 g/mol. The lowest BCUT2D eigenvalue weighted by Gasteiger charge is -2.17. The van der Waals surface area contributed by atoms with Gasteiger partial charge in [0.05, 0.1) is 23.0 Å². The number of fused-ring (bicyclic) bond motifs is 1. The second kappa shape index (κ2) is 7.11. The van der Waals surface area contributed by atoms with Gasteiger partial charge in [0.25, 0.3) is 18.1 Å². The lowest BCUT2D eigenvalue weighted by atomic mass is 10.2. The molecule has 1 saturated carbocycles. The Morgan fingerprint density at radius 3 is 2.86 bits per heavy atom. The van der Waals surface area contributed by atoms with Crippen LogP contribution in [0.25, 0.3) is 11.9 Å². The quantitative estimate of drug-likeness (QED) is 0.602. The number of hydrogen-bond donors (Lipinski definition) is 0. The summed E-state index contributed by atoms with van der Waals surface area (Å²) in [5.74, 6) is -1.21. The van der Waals surface area contributed by atoms with E-state index in [4.69, 9.17) is 11.6 Å². The molecule has 1 aliphatic rings. The molecular weight excluding hydrogens is 409 g/mol. The van der Waals surface area contributed by atoms with E-state index in [1.165, 1.54) is 34.8 Å². The van der Waals surface area contributed by atoms with Crippen molar-refractivity contribution in [1.82, 2.24) is 29.5 Å². The molecule has 4 rings (SSSR count). The minimum absolute atomic E-state index is 0.0251. The number of nitrogens with zero attached hydrogens (tertiary/aromatic N) is 6. The van der Waals surface area contributed by atoms with E-state index in [-0.39, 0.29) is 28.2 Å². The van der Waals surface area contributed by atoms with Gasteiger partial charge in [-0.3, -0.25) is 4.79 Å². The van der Waals surface area contributed by atoms with E-state index in [9.17, 15) is 18.0 Å². The van der Waals surface area contributed by atoms with Gasteiger partial charge in [-0.1, -0.05) is 11.6 Å². The molecule has 11 heteroatoms. The standard InChI is InChI=1S/C18H14ClF3N6O/c1-8-15(20)11(6-14(19)25-8)17(29)27(2)13-4-9(13)3-10-5-12(16(21)22)26-18-23-7-24-28(10)18/h3,5-7,13,16H,4H2,1-2H3/b9-3-/t13-/m0/s1. The Balaban J connectivity index is 1.62. The number of carbonyl (C=O) groups is 1. The maximum Gasteiger partial charge on any atom is 0.280 e. The van der Waals surface area contributed by atoms with Gasteiger partial charge in [0, 0.05) is 7.05 Å². The van der Waals surface area contributed by atoms with Gasteiger partial charge >= 0.3 is 0 Å². The van der Waals surface area contributed by atoms with Crippen LogP contribution in [0.3, 0.4) is 0 Å². The summed E-state index contributed by atoms with van der Waals surface area (Å²) < 4.78 is 41.8. The largest absolute Gasteiger partial charge is 0.335 e. The Morgan fingerprint density at radius 2 is 2.14 bits per heavy atom. The first-order chi connectivity index (χ1) is 13.8. The van der Waals surface area contributed by atoms with Crippen molar-refractivity contribution in [3.63, 3.8) is 0 Å². The van der Waals surface area contributed by atoms with Crippen molar-refractivity contribution in [3.8, 4) is 0 Å². The Kier molecular flexibility index (Phi) is 4.73. The molecule has 1 aliphatic carbocycles. The van der Waals surface area contributed by atoms with Crippen molar-refractivity contribution in [1.29, 1.82) is 0 Å². The number of likely N-dealkylation sites (N-methyl/N-ethyl adjacent to an activating group) is 1. The number of aryl methyl sites for hydroxylation is 1. The van der Waals surface area contributed by atoms with Crippen LogP contribution >= 0.6 is 11.6 Å². The topological polar surface area (TPSA) is 76.3 Å². The fraction of sp³-hybridized carbons (Fsp3) is 0.278. The summed E-state index contributed by atoms with van der Waals surface area (Å²) >= 11 is 5.84. The van der Waals surface area contributed by atoms with E-state index in [2.05, 4.69) is 20.1 Å². The first-order valence-electron chi connectivity index (χ1n) is 8.55. The predicted molar refractivity (Wildman–Crippen MR) is 98.2 cm³/mol. The lowest BCUT2D eigenvalue weighted by Crippen LogP contribution is -2.30. The fourth-order valence-corrected chi connectivity index (χ4v) is 3.31. The second-order valence-electron chi connectivity index (χ2n) is 6.63. The molecule has 0 bridgehead atoms. The summed E-state index contributed by atoms with van der Waals surface area (Å²) in [5, 5.41) is 4.01. The highest BCUT2D eigenvalue weighted by molar-refractivity contribution is 6.29. The lowest BCUT2D eigenvalue weighted by molar-refractivity contribution is 0.0785. The number of alkyl halides is 2. The van der Waals surface area contributed by atoms with Crippen molar-refractivity contribution in [2.24, 2.45) is 0 Å². The summed E-state index contributed by atoms with van der Waals surface area (Å²) in [7, 11) is 1.54. The third kappa shape index (κ3) is 3.55. The van der Waals surface area contributed by atoms with Gasteiger partial charge in [0.15, 0.2) is 5.82 Å². The molecule has 3 aromatic heterocycles. The van der Waals surface area contributed by atoms with Crippen LogP contribution in [0.5, 0.6) is 0 Å². The fourth-order valence-electron chi connectivity index (χ4n) is 3.07. The average molecular weight is 423 g/mol. The Labute approximate surface area is 167 Å². The first-order valence-corrected chi connectivity index (χ1v) is 8.93. The third-order valence-electron chi connectivity index (χ3n) is 4.66. The van der Waals surface area contributed by atoms with Crippen molar-refractivity contribution in [2.45, 2.75) is 25.8 Å². The number of carbonyl (C=O) groups excluding carboxylic acids is 1. The summed E-state index contributed by atoms with van der Waals surface area (Å²) in [5.41, 5.74) is 0.629. The normalized spacial score (nSPS) is 17.3. The van der Waals surface area contributed by atoms with Crippen molar-refractivity contribution in [3.05, 3.63) is 57.6 Å². The molecule has 1 amide bonds. The van der Waals surface area contributed by atoms with Crippen molar-refractivity contribution in [2.75, 3.05) is 7.05 Å². The Bertz CT molecular complexity index is 1160. The minimum atomic E-state index is -2.75. The zero-order chi connectivity index (χ0) is 20.9. The van der Waals surface area contributed by atoms with Crippen LogP contribution in [0.1, 0.15) is 40.3 Å². The van der Waals surface area contributed by atoms with Crippen LogP contribution in [-0.4, -0.2) is 48.5 Å². The van der Waals surface area contributed by atoms with Crippen molar-refractivity contribution >= 4 is 29.4 Å². The van der Waals surface area contributed by atoms with Crippen LogP contribution in [-0.2, 0) is 0 Å². The number of hydrogen-bond acceptors (Lipinski definition) is 5.